The van der Waals surface area contributed by atoms with Gasteiger partial charge in [0.2, 0.25) is 10.0 Å². The van der Waals surface area contributed by atoms with Crippen molar-refractivity contribution in [3.63, 3.8) is 0 Å². The van der Waals surface area contributed by atoms with E-state index in [1.165, 1.54) is 5.56 Å². The fraction of sp³-hybridized carbons (Fsp3) is 0.407. The molecule has 0 N–H and O–H groups in total. The number of benzene rings is 3. The zero-order chi connectivity index (χ0) is 23.1. The van der Waals surface area contributed by atoms with Crippen molar-refractivity contribution in [1.29, 1.82) is 0 Å². The van der Waals surface area contributed by atoms with Crippen LogP contribution in [0.1, 0.15) is 24.8 Å². The minimum Gasteiger partial charge on any atom is -0.385 e. The second-order valence-electron chi connectivity index (χ2n) is 8.92. The number of likely N-dealkylation sites (tertiary alicyclic amines) is 1. The Kier molecular flexibility index (Phi) is 8.15. The largest absolute Gasteiger partial charge is 0.385 e. The molecule has 0 aliphatic carbocycles. The van der Waals surface area contributed by atoms with Crippen LogP contribution in [0, 0.1) is 5.92 Å². The Balaban J connectivity index is 1.44. The van der Waals surface area contributed by atoms with Gasteiger partial charge in [0.05, 0.1) is 4.90 Å². The quantitative estimate of drug-likeness (QED) is 0.404. The topological polar surface area (TPSA) is 49.9 Å². The Bertz CT molecular complexity index is 1130. The highest BCUT2D eigenvalue weighted by Crippen LogP contribution is 2.26. The van der Waals surface area contributed by atoms with Crippen molar-refractivity contribution in [2.24, 2.45) is 5.92 Å². The van der Waals surface area contributed by atoms with Gasteiger partial charge >= 0.3 is 0 Å². The van der Waals surface area contributed by atoms with Crippen molar-refractivity contribution < 1.29 is 13.2 Å². The molecule has 5 nitrogen and oxygen atoms in total. The van der Waals surface area contributed by atoms with E-state index in [9.17, 15) is 8.42 Å². The summed E-state index contributed by atoms with van der Waals surface area (Å²) in [6.45, 7) is 4.56. The maximum absolute atomic E-state index is 13.6. The minimum absolute atomic E-state index is 0.370. The molecule has 0 atom stereocenters. The molecule has 6 heteroatoms. The van der Waals surface area contributed by atoms with Gasteiger partial charge in [0.15, 0.2) is 0 Å². The van der Waals surface area contributed by atoms with Gasteiger partial charge in [0.25, 0.3) is 0 Å². The lowest BCUT2D eigenvalue weighted by atomic mass is 9.96. The first-order valence-corrected chi connectivity index (χ1v) is 13.2. The standard InChI is InChI=1S/C27H34N2O3S/c1-32-19-7-16-29(33(30,31)27-13-12-25-10-5-6-11-26(25)20-27)22-24-14-17-28(18-15-24)21-23-8-3-2-4-9-23/h2-6,8-13,20,24H,7,14-19,21-22H2,1H3. The fourth-order valence-corrected chi connectivity index (χ4v) is 6.22. The van der Waals surface area contributed by atoms with Crippen molar-refractivity contribution in [1.82, 2.24) is 9.21 Å². The molecule has 0 saturated carbocycles. The summed E-state index contributed by atoms with van der Waals surface area (Å²) in [5.41, 5.74) is 1.33. The number of hydrogen-bond donors (Lipinski definition) is 0. The first-order valence-electron chi connectivity index (χ1n) is 11.8. The summed E-state index contributed by atoms with van der Waals surface area (Å²) >= 11 is 0. The zero-order valence-corrected chi connectivity index (χ0v) is 20.2. The van der Waals surface area contributed by atoms with Gasteiger partial charge in [0, 0.05) is 33.4 Å². The molecule has 4 rings (SSSR count). The summed E-state index contributed by atoms with van der Waals surface area (Å²) in [6, 6.07) is 23.9. The van der Waals surface area contributed by atoms with E-state index in [1.807, 2.05) is 36.4 Å². The van der Waals surface area contributed by atoms with Crippen LogP contribution < -0.4 is 0 Å². The number of sulfonamides is 1. The molecule has 1 aliphatic heterocycles. The third-order valence-corrected chi connectivity index (χ3v) is 8.39. The first kappa shape index (κ1) is 23.9. The number of piperidine rings is 1. The highest BCUT2D eigenvalue weighted by Gasteiger charge is 2.29. The van der Waals surface area contributed by atoms with E-state index in [4.69, 9.17) is 4.74 Å². The minimum atomic E-state index is -3.57. The Morgan fingerprint density at radius 3 is 2.36 bits per heavy atom. The number of rotatable bonds is 10. The van der Waals surface area contributed by atoms with Gasteiger partial charge in [-0.2, -0.15) is 4.31 Å². The summed E-state index contributed by atoms with van der Waals surface area (Å²) < 4.78 is 34.1. The molecular formula is C27H34N2O3S. The van der Waals surface area contributed by atoms with Crippen molar-refractivity contribution in [3.8, 4) is 0 Å². The Morgan fingerprint density at radius 2 is 1.64 bits per heavy atom. The van der Waals surface area contributed by atoms with Gasteiger partial charge < -0.3 is 4.74 Å². The lowest BCUT2D eigenvalue weighted by Crippen LogP contribution is -2.41. The van der Waals surface area contributed by atoms with Gasteiger partial charge in [-0.05, 0) is 66.7 Å². The molecule has 3 aromatic rings. The van der Waals surface area contributed by atoms with Gasteiger partial charge in [-0.25, -0.2) is 8.42 Å². The van der Waals surface area contributed by atoms with Crippen LogP contribution in [-0.2, 0) is 21.3 Å². The first-order chi connectivity index (χ1) is 16.1. The van der Waals surface area contributed by atoms with E-state index >= 15 is 0 Å². The van der Waals surface area contributed by atoms with Crippen molar-refractivity contribution >= 4 is 20.8 Å². The van der Waals surface area contributed by atoms with Gasteiger partial charge in [-0.1, -0.05) is 60.7 Å². The lowest BCUT2D eigenvalue weighted by molar-refractivity contribution is 0.154. The smallest absolute Gasteiger partial charge is 0.243 e. The third-order valence-electron chi connectivity index (χ3n) is 6.53. The fourth-order valence-electron chi connectivity index (χ4n) is 4.63. The number of fused-ring (bicyclic) bond motifs is 1. The summed E-state index contributed by atoms with van der Waals surface area (Å²) in [5.74, 6) is 0.370. The van der Waals surface area contributed by atoms with Crippen LogP contribution in [0.25, 0.3) is 10.8 Å². The Hall–Kier alpha value is -2.25. The molecular weight excluding hydrogens is 432 g/mol. The van der Waals surface area contributed by atoms with Crippen LogP contribution >= 0.6 is 0 Å². The summed E-state index contributed by atoms with van der Waals surface area (Å²) in [7, 11) is -1.91. The molecule has 33 heavy (non-hydrogen) atoms. The van der Waals surface area contributed by atoms with Crippen molar-refractivity contribution in [3.05, 3.63) is 78.4 Å². The second kappa shape index (κ2) is 11.3. The molecule has 1 saturated heterocycles. The summed E-state index contributed by atoms with van der Waals surface area (Å²) in [4.78, 5) is 2.85. The number of hydrogen-bond acceptors (Lipinski definition) is 4. The molecule has 0 unspecified atom stereocenters. The van der Waals surface area contributed by atoms with Gasteiger partial charge in [0.1, 0.15) is 0 Å². The predicted molar refractivity (Wildman–Crippen MR) is 134 cm³/mol. The number of nitrogens with zero attached hydrogens (tertiary/aromatic N) is 2. The summed E-state index contributed by atoms with van der Waals surface area (Å²) in [6.07, 6.45) is 2.72. The Labute approximate surface area is 198 Å². The highest BCUT2D eigenvalue weighted by atomic mass is 32.2. The van der Waals surface area contributed by atoms with Crippen LogP contribution in [0.5, 0.6) is 0 Å². The molecule has 0 spiro atoms. The van der Waals surface area contributed by atoms with Crippen LogP contribution in [0.4, 0.5) is 0 Å². The van der Waals surface area contributed by atoms with E-state index in [-0.39, 0.29) is 0 Å². The van der Waals surface area contributed by atoms with Crippen LogP contribution in [-0.4, -0.2) is 57.5 Å². The van der Waals surface area contributed by atoms with Crippen LogP contribution in [0.3, 0.4) is 0 Å². The van der Waals surface area contributed by atoms with Crippen molar-refractivity contribution in [2.75, 3.05) is 39.9 Å². The molecule has 0 bridgehead atoms. The number of ether oxygens (including phenoxy) is 1. The third kappa shape index (κ3) is 6.21. The number of methoxy groups -OCH3 is 1. The van der Waals surface area contributed by atoms with Gasteiger partial charge in [-0.15, -0.1) is 0 Å². The van der Waals surface area contributed by atoms with Crippen molar-refractivity contribution in [2.45, 2.75) is 30.7 Å². The molecule has 0 aromatic heterocycles. The molecule has 1 fully saturated rings. The average molecular weight is 467 g/mol. The molecule has 3 aromatic carbocycles. The molecule has 1 heterocycles. The molecule has 0 amide bonds. The SMILES string of the molecule is COCCCN(CC1CCN(Cc2ccccc2)CC1)S(=O)(=O)c1ccc2ccccc2c1. The average Bonchev–Trinajstić information content (AvgIpc) is 2.85. The van der Waals surface area contributed by atoms with Gasteiger partial charge in [-0.3, -0.25) is 4.90 Å². The van der Waals surface area contributed by atoms with Crippen LogP contribution in [0.2, 0.25) is 0 Å². The zero-order valence-electron chi connectivity index (χ0n) is 19.4. The van der Waals surface area contributed by atoms with E-state index in [0.717, 1.165) is 43.2 Å². The van der Waals surface area contributed by atoms with E-state index in [2.05, 4.69) is 29.2 Å². The van der Waals surface area contributed by atoms with E-state index in [0.29, 0.717) is 36.9 Å². The van der Waals surface area contributed by atoms with E-state index in [1.54, 1.807) is 23.5 Å². The highest BCUT2D eigenvalue weighted by molar-refractivity contribution is 7.89. The van der Waals surface area contributed by atoms with E-state index < -0.39 is 10.0 Å². The molecule has 176 valence electrons. The normalized spacial score (nSPS) is 15.9. The second-order valence-corrected chi connectivity index (χ2v) is 10.9. The lowest BCUT2D eigenvalue weighted by Gasteiger charge is -2.34. The Morgan fingerprint density at radius 1 is 0.939 bits per heavy atom. The molecule has 0 radical (unpaired) electrons. The summed E-state index contributed by atoms with van der Waals surface area (Å²) in [5, 5.41) is 2.00. The molecule has 1 aliphatic rings. The maximum atomic E-state index is 13.6. The van der Waals surface area contributed by atoms with Crippen LogP contribution in [0.15, 0.2) is 77.7 Å². The predicted octanol–water partition coefficient (Wildman–Crippen LogP) is 4.78. The monoisotopic (exact) mass is 466 g/mol. The maximum Gasteiger partial charge on any atom is 0.243 e.